The van der Waals surface area contributed by atoms with Crippen LogP contribution in [0.1, 0.15) is 13.3 Å². The first-order valence-corrected chi connectivity index (χ1v) is 3.98. The highest BCUT2D eigenvalue weighted by Gasteiger charge is 2.04. The van der Waals surface area contributed by atoms with E-state index in [0.717, 1.165) is 0 Å². The molecule has 0 saturated heterocycles. The van der Waals surface area contributed by atoms with Gasteiger partial charge in [-0.25, -0.2) is 0 Å². The second-order valence-corrected chi connectivity index (χ2v) is 2.55. The Morgan fingerprint density at radius 1 is 1.75 bits per heavy atom. The minimum atomic E-state index is -0.295. The summed E-state index contributed by atoms with van der Waals surface area (Å²) in [6.45, 7) is 1.73. The molecule has 1 radical (unpaired) electrons. The summed E-state index contributed by atoms with van der Waals surface area (Å²) in [4.78, 5) is 10.8. The largest absolute Gasteiger partial charge is 0.425 e. The van der Waals surface area contributed by atoms with E-state index >= 15 is 0 Å². The fraction of sp³-hybridized carbons (Fsp3) is 0.222. The summed E-state index contributed by atoms with van der Waals surface area (Å²) in [5.74, 6) is 0.0718. The van der Waals surface area contributed by atoms with Gasteiger partial charge in [0.25, 0.3) is 0 Å². The summed E-state index contributed by atoms with van der Waals surface area (Å²) in [5.41, 5.74) is 0. The first-order chi connectivity index (χ1) is 5.74. The molecule has 0 fully saturated rings. The Balaban J connectivity index is 2.75. The number of halogens is 1. The zero-order valence-electron chi connectivity index (χ0n) is 6.63. The maximum absolute atomic E-state index is 10.8. The van der Waals surface area contributed by atoms with E-state index in [9.17, 15) is 4.79 Å². The molecule has 0 heterocycles. The molecule has 0 unspecified atom stereocenters. The summed E-state index contributed by atoms with van der Waals surface area (Å²) >= 11 is 5.69. The topological polar surface area (TPSA) is 26.3 Å². The van der Waals surface area contributed by atoms with Crippen LogP contribution in [0.3, 0.4) is 0 Å². The average Bonchev–Trinajstić information content (AvgIpc) is 2.09. The molecule has 1 aromatic rings. The van der Waals surface area contributed by atoms with Gasteiger partial charge in [0.2, 0.25) is 0 Å². The fourth-order valence-electron chi connectivity index (χ4n) is 0.675. The molecule has 63 valence electrons. The number of hydrogen-bond acceptors (Lipinski definition) is 2. The second kappa shape index (κ2) is 4.12. The van der Waals surface area contributed by atoms with Gasteiger partial charge in [0.05, 0.1) is 5.02 Å². The molecule has 1 aromatic carbocycles. The van der Waals surface area contributed by atoms with Gasteiger partial charge in [-0.15, -0.1) is 0 Å². The summed E-state index contributed by atoms with van der Waals surface area (Å²) in [6.07, 6.45) is 0.339. The van der Waals surface area contributed by atoms with Gasteiger partial charge >= 0.3 is 5.97 Å². The predicted octanol–water partition coefficient (Wildman–Crippen LogP) is 2.46. The molecule has 0 aliphatic heterocycles. The number of ether oxygens (including phenoxy) is 1. The van der Waals surface area contributed by atoms with Crippen molar-refractivity contribution in [3.8, 4) is 5.75 Å². The van der Waals surface area contributed by atoms with Gasteiger partial charge in [-0.1, -0.05) is 30.7 Å². The summed E-state index contributed by atoms with van der Waals surface area (Å²) in [5, 5.41) is 0.333. The molecule has 0 saturated carbocycles. The van der Waals surface area contributed by atoms with Crippen molar-refractivity contribution in [1.82, 2.24) is 0 Å². The lowest BCUT2D eigenvalue weighted by molar-refractivity contribution is -0.134. The molecule has 0 atom stereocenters. The molecule has 3 heteroatoms. The number of rotatable bonds is 2. The van der Waals surface area contributed by atoms with Crippen molar-refractivity contribution in [2.24, 2.45) is 0 Å². The Kier molecular flexibility index (Phi) is 3.11. The standard InChI is InChI=1S/C9H8ClO2/c1-2-9(11)12-8-6-4-3-5-7(8)10/h3-4,6H,2H2,1H3. The van der Waals surface area contributed by atoms with Gasteiger partial charge < -0.3 is 4.74 Å². The summed E-state index contributed by atoms with van der Waals surface area (Å²) in [7, 11) is 0. The quantitative estimate of drug-likeness (QED) is 0.520. The van der Waals surface area contributed by atoms with E-state index in [4.69, 9.17) is 16.3 Å². The Labute approximate surface area is 76.1 Å². The third-order valence-corrected chi connectivity index (χ3v) is 1.58. The number of hydrogen-bond donors (Lipinski definition) is 0. The van der Waals surface area contributed by atoms with Crippen molar-refractivity contribution in [2.75, 3.05) is 0 Å². The molecule has 0 amide bonds. The van der Waals surface area contributed by atoms with E-state index < -0.39 is 0 Å². The molecule has 0 aliphatic carbocycles. The van der Waals surface area contributed by atoms with Crippen LogP contribution in [0.4, 0.5) is 0 Å². The highest BCUT2D eigenvalue weighted by Crippen LogP contribution is 2.22. The Bertz CT molecular complexity index is 284. The van der Waals surface area contributed by atoms with E-state index in [1.807, 2.05) is 0 Å². The fourth-order valence-corrected chi connectivity index (χ4v) is 0.839. The molecule has 0 aliphatic rings. The van der Waals surface area contributed by atoms with E-state index in [0.29, 0.717) is 17.2 Å². The lowest BCUT2D eigenvalue weighted by Gasteiger charge is -2.02. The van der Waals surface area contributed by atoms with Crippen LogP contribution in [-0.2, 0) is 4.79 Å². The summed E-state index contributed by atoms with van der Waals surface area (Å²) in [6, 6.07) is 7.72. The van der Waals surface area contributed by atoms with E-state index in [-0.39, 0.29) is 5.97 Å². The molecule has 0 N–H and O–H groups in total. The SMILES string of the molecule is CCC(=O)Oc1ccc[c]c1Cl. The second-order valence-electron chi connectivity index (χ2n) is 2.18. The van der Waals surface area contributed by atoms with Crippen molar-refractivity contribution in [3.05, 3.63) is 29.3 Å². The van der Waals surface area contributed by atoms with Crippen LogP contribution < -0.4 is 4.74 Å². The predicted molar refractivity (Wildman–Crippen MR) is 46.2 cm³/mol. The van der Waals surface area contributed by atoms with Gasteiger partial charge in [-0.3, -0.25) is 4.79 Å². The van der Waals surface area contributed by atoms with E-state index in [1.165, 1.54) is 0 Å². The van der Waals surface area contributed by atoms with Gasteiger partial charge in [0, 0.05) is 12.5 Å². The lowest BCUT2D eigenvalue weighted by Crippen LogP contribution is -2.05. The number of carbonyl (C=O) groups excluding carboxylic acids is 1. The number of esters is 1. The molecule has 1 rings (SSSR count). The van der Waals surface area contributed by atoms with Gasteiger partial charge in [-0.05, 0) is 6.07 Å². The van der Waals surface area contributed by atoms with Crippen molar-refractivity contribution in [3.63, 3.8) is 0 Å². The van der Waals surface area contributed by atoms with Crippen LogP contribution in [0.25, 0.3) is 0 Å². The van der Waals surface area contributed by atoms with Crippen molar-refractivity contribution >= 4 is 17.6 Å². The minimum Gasteiger partial charge on any atom is -0.425 e. The lowest BCUT2D eigenvalue weighted by atomic mass is 10.3. The normalized spacial score (nSPS) is 9.50. The molecular formula is C9H8ClO2. The average molecular weight is 184 g/mol. The van der Waals surface area contributed by atoms with Crippen LogP contribution in [0.5, 0.6) is 5.75 Å². The molecule has 0 bridgehead atoms. The van der Waals surface area contributed by atoms with Crippen LogP contribution >= 0.6 is 11.6 Å². The molecule has 12 heavy (non-hydrogen) atoms. The molecular weight excluding hydrogens is 176 g/mol. The molecule has 0 spiro atoms. The Hall–Kier alpha value is -1.02. The van der Waals surface area contributed by atoms with Crippen LogP contribution in [0, 0.1) is 6.07 Å². The van der Waals surface area contributed by atoms with Crippen LogP contribution in [0.15, 0.2) is 18.2 Å². The van der Waals surface area contributed by atoms with Crippen molar-refractivity contribution in [2.45, 2.75) is 13.3 Å². The third kappa shape index (κ3) is 2.24. The van der Waals surface area contributed by atoms with Gasteiger partial charge in [0.1, 0.15) is 5.75 Å². The first kappa shape index (κ1) is 9.07. The molecule has 0 aromatic heterocycles. The minimum absolute atomic E-state index is 0.295. The molecule has 2 nitrogen and oxygen atoms in total. The first-order valence-electron chi connectivity index (χ1n) is 3.61. The van der Waals surface area contributed by atoms with Gasteiger partial charge in [-0.2, -0.15) is 0 Å². The van der Waals surface area contributed by atoms with Gasteiger partial charge in [0.15, 0.2) is 0 Å². The maximum atomic E-state index is 10.8. The van der Waals surface area contributed by atoms with Crippen molar-refractivity contribution in [1.29, 1.82) is 0 Å². The highest BCUT2D eigenvalue weighted by molar-refractivity contribution is 6.31. The number of carbonyl (C=O) groups is 1. The third-order valence-electron chi connectivity index (χ3n) is 1.28. The van der Waals surface area contributed by atoms with Crippen LogP contribution in [0.2, 0.25) is 5.02 Å². The monoisotopic (exact) mass is 183 g/mol. The number of benzene rings is 1. The Morgan fingerprint density at radius 2 is 2.50 bits per heavy atom. The van der Waals surface area contributed by atoms with E-state index in [2.05, 4.69) is 6.07 Å². The smallest absolute Gasteiger partial charge is 0.310 e. The summed E-state index contributed by atoms with van der Waals surface area (Å²) < 4.78 is 4.89. The highest BCUT2D eigenvalue weighted by atomic mass is 35.5. The Morgan fingerprint density at radius 3 is 3.08 bits per heavy atom. The zero-order chi connectivity index (χ0) is 8.97. The van der Waals surface area contributed by atoms with Crippen LogP contribution in [-0.4, -0.2) is 5.97 Å². The maximum Gasteiger partial charge on any atom is 0.310 e. The zero-order valence-corrected chi connectivity index (χ0v) is 7.39. The van der Waals surface area contributed by atoms with Crippen molar-refractivity contribution < 1.29 is 9.53 Å². The van der Waals surface area contributed by atoms with E-state index in [1.54, 1.807) is 25.1 Å².